The van der Waals surface area contributed by atoms with Crippen LogP contribution in [0.2, 0.25) is 0 Å². The maximum Gasteiger partial charge on any atom is 0.222 e. The minimum atomic E-state index is -0.170. The van der Waals surface area contributed by atoms with Crippen molar-refractivity contribution in [3.05, 3.63) is 0 Å². The zero-order valence-electron chi connectivity index (χ0n) is 18.1. The van der Waals surface area contributed by atoms with Gasteiger partial charge in [-0.15, -0.1) is 0 Å². The van der Waals surface area contributed by atoms with Crippen molar-refractivity contribution in [1.82, 2.24) is 20.9 Å². The summed E-state index contributed by atoms with van der Waals surface area (Å²) in [6.45, 7) is 1.89. The summed E-state index contributed by atoms with van der Waals surface area (Å²) in [7, 11) is 3.99. The Hall–Kier alpha value is -1.63. The Balaban J connectivity index is 1.26. The quantitative estimate of drug-likeness (QED) is 0.453. The van der Waals surface area contributed by atoms with Crippen LogP contribution in [-0.4, -0.2) is 61.9 Å². The maximum atomic E-state index is 12.4. The number of hydrogen-bond acceptors (Lipinski definition) is 4. The van der Waals surface area contributed by atoms with E-state index in [4.69, 9.17) is 0 Å². The third-order valence-corrected chi connectivity index (χ3v) is 6.80. The van der Waals surface area contributed by atoms with Gasteiger partial charge in [0.25, 0.3) is 0 Å². The molecule has 0 radical (unpaired) electrons. The summed E-state index contributed by atoms with van der Waals surface area (Å²) in [6, 6.07) is 0. The van der Waals surface area contributed by atoms with Crippen molar-refractivity contribution < 1.29 is 14.4 Å². The number of carbonyl (C=O) groups is 3. The second-order valence-corrected chi connectivity index (χ2v) is 9.85. The topological polar surface area (TPSA) is 90.5 Å². The third-order valence-electron chi connectivity index (χ3n) is 6.80. The van der Waals surface area contributed by atoms with Gasteiger partial charge in [-0.05, 0) is 83.3 Å². The number of hydrogen-bond donors (Lipinski definition) is 3. The Morgan fingerprint density at radius 1 is 0.793 bits per heavy atom. The molecule has 4 bridgehead atoms. The van der Waals surface area contributed by atoms with E-state index in [2.05, 4.69) is 20.9 Å². The molecule has 4 fully saturated rings. The number of rotatable bonds is 11. The molecule has 7 nitrogen and oxygen atoms in total. The second kappa shape index (κ2) is 9.92. The van der Waals surface area contributed by atoms with Crippen LogP contribution in [0.3, 0.4) is 0 Å². The molecule has 0 saturated heterocycles. The first-order valence-electron chi connectivity index (χ1n) is 11.3. The average molecular weight is 407 g/mol. The molecular formula is C22H38N4O3. The second-order valence-electron chi connectivity index (χ2n) is 9.85. The first-order chi connectivity index (χ1) is 13.8. The van der Waals surface area contributed by atoms with Gasteiger partial charge in [-0.2, -0.15) is 0 Å². The van der Waals surface area contributed by atoms with Crippen LogP contribution in [0, 0.1) is 17.8 Å². The molecule has 29 heavy (non-hydrogen) atoms. The molecule has 0 aromatic rings. The molecule has 0 spiro atoms. The fourth-order valence-electron chi connectivity index (χ4n) is 5.96. The van der Waals surface area contributed by atoms with Crippen LogP contribution in [0.5, 0.6) is 0 Å². The molecule has 4 aliphatic carbocycles. The Morgan fingerprint density at radius 2 is 1.31 bits per heavy atom. The van der Waals surface area contributed by atoms with Crippen LogP contribution >= 0.6 is 0 Å². The van der Waals surface area contributed by atoms with Crippen molar-refractivity contribution in [2.24, 2.45) is 17.8 Å². The smallest absolute Gasteiger partial charge is 0.222 e. The summed E-state index contributed by atoms with van der Waals surface area (Å²) >= 11 is 0. The normalized spacial score (nSPS) is 29.7. The minimum Gasteiger partial charge on any atom is -0.356 e. The number of nitrogens with one attached hydrogen (secondary N) is 3. The van der Waals surface area contributed by atoms with Gasteiger partial charge in [-0.3, -0.25) is 14.4 Å². The number of nitrogens with zero attached hydrogens (tertiary/aromatic N) is 1. The molecule has 0 aromatic heterocycles. The van der Waals surface area contributed by atoms with Crippen molar-refractivity contribution in [2.45, 2.75) is 69.7 Å². The van der Waals surface area contributed by atoms with E-state index in [1.54, 1.807) is 0 Å². The van der Waals surface area contributed by atoms with E-state index in [1.165, 1.54) is 19.3 Å². The summed E-state index contributed by atoms with van der Waals surface area (Å²) in [4.78, 5) is 38.2. The fraction of sp³-hybridized carbons (Fsp3) is 0.864. The van der Waals surface area contributed by atoms with Gasteiger partial charge in [0.15, 0.2) is 0 Å². The highest BCUT2D eigenvalue weighted by Crippen LogP contribution is 2.55. The standard InChI is InChI=1S/C22H38N4O3/c1-26(2)9-3-7-23-19(27)4-5-20(28)24-8-6-21(29)25-22-13-16-10-17(14-22)12-18(11-16)15-22/h16-18H,3-15H2,1-2H3,(H,23,27)(H,24,28)(H,25,29). The molecule has 3 amide bonds. The van der Waals surface area contributed by atoms with Crippen LogP contribution in [-0.2, 0) is 14.4 Å². The molecular weight excluding hydrogens is 368 g/mol. The molecule has 4 aliphatic rings. The van der Waals surface area contributed by atoms with Crippen molar-refractivity contribution >= 4 is 17.7 Å². The summed E-state index contributed by atoms with van der Waals surface area (Å²) in [5.74, 6) is 2.18. The first kappa shape index (κ1) is 22.1. The molecule has 4 rings (SSSR count). The summed E-state index contributed by atoms with van der Waals surface area (Å²) in [5, 5.41) is 8.93. The predicted octanol–water partition coefficient (Wildman–Crippen LogP) is 1.43. The van der Waals surface area contributed by atoms with E-state index < -0.39 is 0 Å². The molecule has 0 atom stereocenters. The van der Waals surface area contributed by atoms with Crippen LogP contribution < -0.4 is 16.0 Å². The van der Waals surface area contributed by atoms with Crippen molar-refractivity contribution in [3.8, 4) is 0 Å². The van der Waals surface area contributed by atoms with Gasteiger partial charge in [0, 0.05) is 37.9 Å². The molecule has 4 saturated carbocycles. The van der Waals surface area contributed by atoms with Gasteiger partial charge in [0.2, 0.25) is 17.7 Å². The number of carbonyl (C=O) groups excluding carboxylic acids is 3. The van der Waals surface area contributed by atoms with Gasteiger partial charge in [0.05, 0.1) is 0 Å². The van der Waals surface area contributed by atoms with Gasteiger partial charge >= 0.3 is 0 Å². The Labute approximate surface area is 174 Å². The summed E-state index contributed by atoms with van der Waals surface area (Å²) < 4.78 is 0. The van der Waals surface area contributed by atoms with Crippen molar-refractivity contribution in [1.29, 1.82) is 0 Å². The predicted molar refractivity (Wildman–Crippen MR) is 112 cm³/mol. The number of amides is 3. The third kappa shape index (κ3) is 6.69. The Bertz CT molecular complexity index is 570. The minimum absolute atomic E-state index is 0.0283. The first-order valence-corrected chi connectivity index (χ1v) is 11.3. The van der Waals surface area contributed by atoms with E-state index in [1.807, 2.05) is 14.1 Å². The molecule has 0 heterocycles. The van der Waals surface area contributed by atoms with Crippen molar-refractivity contribution in [3.63, 3.8) is 0 Å². The van der Waals surface area contributed by atoms with Crippen LogP contribution in [0.1, 0.15) is 64.2 Å². The summed E-state index contributed by atoms with van der Waals surface area (Å²) in [5.41, 5.74) is 0.0283. The molecule has 0 aromatic carbocycles. The van der Waals surface area contributed by atoms with Gasteiger partial charge in [-0.25, -0.2) is 0 Å². The van der Waals surface area contributed by atoms with Gasteiger partial charge in [0.1, 0.15) is 0 Å². The molecule has 7 heteroatoms. The highest BCUT2D eigenvalue weighted by Gasteiger charge is 2.51. The summed E-state index contributed by atoms with van der Waals surface area (Å²) in [6.07, 6.45) is 9.04. The molecule has 0 unspecified atom stereocenters. The largest absolute Gasteiger partial charge is 0.356 e. The molecule has 0 aliphatic heterocycles. The highest BCUT2D eigenvalue weighted by molar-refractivity contribution is 5.84. The zero-order chi connectivity index (χ0) is 20.9. The van der Waals surface area contributed by atoms with Crippen LogP contribution in [0.4, 0.5) is 0 Å². The highest BCUT2D eigenvalue weighted by atomic mass is 16.2. The lowest BCUT2D eigenvalue weighted by atomic mass is 9.53. The average Bonchev–Trinajstić information content (AvgIpc) is 2.62. The van der Waals surface area contributed by atoms with Gasteiger partial charge < -0.3 is 20.9 Å². The van der Waals surface area contributed by atoms with Crippen molar-refractivity contribution in [2.75, 3.05) is 33.7 Å². The SMILES string of the molecule is CN(C)CCCNC(=O)CCC(=O)NCCC(=O)NC12CC3CC(CC(C3)C1)C2. The van der Waals surface area contributed by atoms with E-state index >= 15 is 0 Å². The van der Waals surface area contributed by atoms with Crippen LogP contribution in [0.25, 0.3) is 0 Å². The lowest BCUT2D eigenvalue weighted by Crippen LogP contribution is -2.60. The van der Waals surface area contributed by atoms with E-state index in [0.29, 0.717) is 19.5 Å². The zero-order valence-corrected chi connectivity index (χ0v) is 18.1. The Morgan fingerprint density at radius 3 is 1.83 bits per heavy atom. The monoisotopic (exact) mass is 406 g/mol. The molecule has 3 N–H and O–H groups in total. The lowest BCUT2D eigenvalue weighted by Gasteiger charge is -2.56. The van der Waals surface area contributed by atoms with E-state index in [9.17, 15) is 14.4 Å². The van der Waals surface area contributed by atoms with Gasteiger partial charge in [-0.1, -0.05) is 0 Å². The van der Waals surface area contributed by atoms with E-state index in [-0.39, 0.29) is 36.1 Å². The Kier molecular flexibility index (Phi) is 7.55. The molecule has 164 valence electrons. The fourth-order valence-corrected chi connectivity index (χ4v) is 5.96. The van der Waals surface area contributed by atoms with Crippen LogP contribution in [0.15, 0.2) is 0 Å². The maximum absolute atomic E-state index is 12.4. The van der Waals surface area contributed by atoms with E-state index in [0.717, 1.165) is 50.0 Å². The lowest BCUT2D eigenvalue weighted by molar-refractivity contribution is -0.128.